The van der Waals surface area contributed by atoms with E-state index in [0.29, 0.717) is 49.9 Å². The topological polar surface area (TPSA) is 120 Å². The summed E-state index contributed by atoms with van der Waals surface area (Å²) < 4.78 is 41.5. The summed E-state index contributed by atoms with van der Waals surface area (Å²) in [5.41, 5.74) is 4.95. The molecule has 2 N–H and O–H groups in total. The molecule has 10 nitrogen and oxygen atoms in total. The maximum absolute atomic E-state index is 14.2. The number of methoxy groups -OCH3 is 3. The van der Waals surface area contributed by atoms with Crippen molar-refractivity contribution in [1.29, 1.82) is 0 Å². The molecule has 0 aliphatic rings. The summed E-state index contributed by atoms with van der Waals surface area (Å²) >= 11 is 6.45. The van der Waals surface area contributed by atoms with Gasteiger partial charge in [0.2, 0.25) is 5.75 Å². The Morgan fingerprint density at radius 2 is 1.65 bits per heavy atom. The van der Waals surface area contributed by atoms with Crippen molar-refractivity contribution in [2.45, 2.75) is 6.92 Å². The van der Waals surface area contributed by atoms with Crippen LogP contribution < -0.4 is 29.1 Å². The highest BCUT2D eigenvalue weighted by atomic mass is 35.5. The van der Waals surface area contributed by atoms with E-state index in [1.165, 1.54) is 51.8 Å². The van der Waals surface area contributed by atoms with Crippen LogP contribution in [0.1, 0.15) is 33.3 Å². The first kappa shape index (κ1) is 31.9. The van der Waals surface area contributed by atoms with Crippen molar-refractivity contribution >= 4 is 40.6 Å². The van der Waals surface area contributed by atoms with E-state index in [4.69, 9.17) is 35.3 Å². The number of nitrogens with zero attached hydrogens (tertiary/aromatic N) is 1. The third kappa shape index (κ3) is 6.59. The molecule has 0 unspecified atom stereocenters. The molecule has 0 saturated heterocycles. The SMILES string of the molecule is CCOc1cc(C=NNC(=O)c2[nH]c3ccc(F)cc3c2-c2ccccc2Cl)ccc1OC(=O)c1cc(OC)c(OC)c(OC)c1. The first-order valence-electron chi connectivity index (χ1n) is 14.0. The van der Waals surface area contributed by atoms with Gasteiger partial charge in [-0.1, -0.05) is 29.8 Å². The van der Waals surface area contributed by atoms with Crippen molar-refractivity contribution in [3.8, 4) is 39.9 Å². The lowest BCUT2D eigenvalue weighted by Crippen LogP contribution is -2.19. The molecule has 0 aliphatic heterocycles. The molecule has 5 aromatic rings. The number of benzene rings is 4. The van der Waals surface area contributed by atoms with Gasteiger partial charge in [0.05, 0.1) is 39.7 Å². The molecule has 1 amide bonds. The lowest BCUT2D eigenvalue weighted by molar-refractivity contribution is 0.0727. The number of aromatic nitrogens is 1. The smallest absolute Gasteiger partial charge is 0.343 e. The Kier molecular flexibility index (Phi) is 9.73. The van der Waals surface area contributed by atoms with E-state index in [9.17, 15) is 14.0 Å². The molecule has 0 fully saturated rings. The second-order valence-electron chi connectivity index (χ2n) is 9.69. The zero-order chi connectivity index (χ0) is 32.8. The Bertz CT molecular complexity index is 1930. The number of halogens is 2. The normalized spacial score (nSPS) is 11.0. The molecular formula is C34H29ClFN3O7. The van der Waals surface area contributed by atoms with Crippen LogP contribution in [0.5, 0.6) is 28.7 Å². The van der Waals surface area contributed by atoms with Crippen molar-refractivity contribution in [1.82, 2.24) is 10.4 Å². The molecule has 5 rings (SSSR count). The molecule has 0 bridgehead atoms. The van der Waals surface area contributed by atoms with Crippen LogP contribution in [0.4, 0.5) is 4.39 Å². The van der Waals surface area contributed by atoms with Crippen molar-refractivity contribution in [2.75, 3.05) is 27.9 Å². The summed E-state index contributed by atoms with van der Waals surface area (Å²) in [6.07, 6.45) is 1.41. The molecule has 0 radical (unpaired) electrons. The quantitative estimate of drug-likeness (QED) is 0.0684. The molecule has 236 valence electrons. The van der Waals surface area contributed by atoms with Crippen LogP contribution in [-0.4, -0.2) is 51.0 Å². The van der Waals surface area contributed by atoms with E-state index in [0.717, 1.165) is 0 Å². The van der Waals surface area contributed by atoms with Gasteiger partial charge in [-0.15, -0.1) is 0 Å². The number of hydrogen-bond acceptors (Lipinski definition) is 8. The highest BCUT2D eigenvalue weighted by Gasteiger charge is 2.22. The van der Waals surface area contributed by atoms with Gasteiger partial charge in [0.25, 0.3) is 5.91 Å². The van der Waals surface area contributed by atoms with E-state index in [1.54, 1.807) is 55.5 Å². The number of aromatic amines is 1. The number of esters is 1. The average Bonchev–Trinajstić information content (AvgIpc) is 3.43. The fraction of sp³-hybridized carbons (Fsp3) is 0.147. The number of carbonyl (C=O) groups excluding carboxylic acids is 2. The Labute approximate surface area is 268 Å². The van der Waals surface area contributed by atoms with Gasteiger partial charge in [0, 0.05) is 27.1 Å². The minimum Gasteiger partial charge on any atom is -0.493 e. The summed E-state index contributed by atoms with van der Waals surface area (Å²) in [5, 5.41) is 5.00. The number of rotatable bonds is 11. The molecule has 46 heavy (non-hydrogen) atoms. The average molecular weight is 646 g/mol. The number of carbonyl (C=O) groups is 2. The van der Waals surface area contributed by atoms with Crippen LogP contribution in [-0.2, 0) is 0 Å². The molecule has 0 spiro atoms. The number of fused-ring (bicyclic) bond motifs is 1. The van der Waals surface area contributed by atoms with Crippen molar-refractivity contribution in [3.63, 3.8) is 0 Å². The minimum atomic E-state index is -0.679. The Balaban J connectivity index is 1.37. The number of H-pyrrole nitrogens is 1. The molecule has 0 atom stereocenters. The zero-order valence-corrected chi connectivity index (χ0v) is 26.0. The summed E-state index contributed by atoms with van der Waals surface area (Å²) in [5.74, 6) is -0.325. The van der Waals surface area contributed by atoms with Crippen molar-refractivity contribution < 1.29 is 37.7 Å². The predicted octanol–water partition coefficient (Wildman–Crippen LogP) is 7.04. The van der Waals surface area contributed by atoms with Gasteiger partial charge in [0.15, 0.2) is 23.0 Å². The van der Waals surface area contributed by atoms with Gasteiger partial charge >= 0.3 is 5.97 Å². The number of ether oxygens (including phenoxy) is 5. The lowest BCUT2D eigenvalue weighted by Gasteiger charge is -2.15. The predicted molar refractivity (Wildman–Crippen MR) is 172 cm³/mol. The van der Waals surface area contributed by atoms with E-state index >= 15 is 0 Å². The van der Waals surface area contributed by atoms with Crippen molar-refractivity contribution in [2.24, 2.45) is 5.10 Å². The van der Waals surface area contributed by atoms with Gasteiger partial charge in [-0.05, 0) is 67.1 Å². The first-order chi connectivity index (χ1) is 22.3. The number of hydrogen-bond donors (Lipinski definition) is 2. The van der Waals surface area contributed by atoms with Gasteiger partial charge in [0.1, 0.15) is 11.5 Å². The minimum absolute atomic E-state index is 0.162. The molecule has 1 aromatic heterocycles. The van der Waals surface area contributed by atoms with E-state index in [1.807, 2.05) is 0 Å². The van der Waals surface area contributed by atoms with Gasteiger partial charge in [-0.3, -0.25) is 4.79 Å². The number of hydrazone groups is 1. The monoisotopic (exact) mass is 645 g/mol. The van der Waals surface area contributed by atoms with Gasteiger partial charge < -0.3 is 28.7 Å². The summed E-state index contributed by atoms with van der Waals surface area (Å²) in [6, 6.07) is 18.9. The Morgan fingerprint density at radius 3 is 2.33 bits per heavy atom. The zero-order valence-electron chi connectivity index (χ0n) is 25.3. The fourth-order valence-corrected chi connectivity index (χ4v) is 5.05. The Morgan fingerprint density at radius 1 is 0.913 bits per heavy atom. The maximum Gasteiger partial charge on any atom is 0.343 e. The highest BCUT2D eigenvalue weighted by molar-refractivity contribution is 6.34. The second-order valence-corrected chi connectivity index (χ2v) is 10.1. The third-order valence-electron chi connectivity index (χ3n) is 6.88. The standard InChI is InChI=1S/C34H29ClFN3O7/c1-5-45-27-14-19(10-13-26(27)46-34(41)20-15-28(42-2)32(44-4)29(16-20)43-3)18-37-39-33(40)31-30(22-8-6-7-9-24(22)35)23-17-21(36)11-12-25(23)38-31/h6-18,38H,5H2,1-4H3,(H,39,40). The molecule has 0 saturated carbocycles. The molecule has 1 heterocycles. The molecule has 12 heteroatoms. The third-order valence-corrected chi connectivity index (χ3v) is 7.21. The van der Waals surface area contributed by atoms with Gasteiger partial charge in [-0.25, -0.2) is 14.6 Å². The summed E-state index contributed by atoms with van der Waals surface area (Å²) in [4.78, 5) is 29.4. The van der Waals surface area contributed by atoms with Crippen LogP contribution in [0.3, 0.4) is 0 Å². The highest BCUT2D eigenvalue weighted by Crippen LogP contribution is 2.39. The molecule has 4 aromatic carbocycles. The maximum atomic E-state index is 14.2. The van der Waals surface area contributed by atoms with Crippen LogP contribution in [0.15, 0.2) is 77.9 Å². The van der Waals surface area contributed by atoms with E-state index < -0.39 is 17.7 Å². The van der Waals surface area contributed by atoms with Gasteiger partial charge in [-0.2, -0.15) is 5.10 Å². The van der Waals surface area contributed by atoms with Crippen molar-refractivity contribution in [3.05, 3.63) is 100 Å². The van der Waals surface area contributed by atoms with Crippen LogP contribution in [0.2, 0.25) is 5.02 Å². The van der Waals surface area contributed by atoms with E-state index in [2.05, 4.69) is 15.5 Å². The molecular weight excluding hydrogens is 617 g/mol. The van der Waals surface area contributed by atoms with E-state index in [-0.39, 0.29) is 29.4 Å². The number of amides is 1. The van der Waals surface area contributed by atoms with Crippen LogP contribution >= 0.6 is 11.6 Å². The summed E-state index contributed by atoms with van der Waals surface area (Å²) in [6.45, 7) is 2.08. The van der Waals surface area contributed by atoms with Crippen LogP contribution in [0, 0.1) is 5.82 Å². The number of nitrogens with one attached hydrogen (secondary N) is 2. The lowest BCUT2D eigenvalue weighted by atomic mass is 10.0. The Hall–Kier alpha value is -5.55. The largest absolute Gasteiger partial charge is 0.493 e. The van der Waals surface area contributed by atoms with Crippen LogP contribution in [0.25, 0.3) is 22.0 Å². The summed E-state index contributed by atoms with van der Waals surface area (Å²) in [7, 11) is 4.36. The second kappa shape index (κ2) is 14.0. The first-order valence-corrected chi connectivity index (χ1v) is 14.3. The fourth-order valence-electron chi connectivity index (χ4n) is 4.81. The molecule has 0 aliphatic carbocycles.